The molecule has 0 saturated heterocycles. The Labute approximate surface area is 159 Å². The van der Waals surface area contributed by atoms with E-state index in [1.165, 1.54) is 16.2 Å². The number of nitrogens with one attached hydrogen (secondary N) is 1. The Morgan fingerprint density at radius 2 is 1.92 bits per heavy atom. The van der Waals surface area contributed by atoms with Gasteiger partial charge in [-0.05, 0) is 51.2 Å². The highest BCUT2D eigenvalue weighted by Crippen LogP contribution is 2.30. The number of hydrogen-bond acceptors (Lipinski definition) is 4. The second-order valence-corrected chi connectivity index (χ2v) is 9.26. The number of phenols is 1. The molecule has 1 heterocycles. The van der Waals surface area contributed by atoms with Gasteiger partial charge in [-0.15, -0.1) is 11.3 Å². The van der Waals surface area contributed by atoms with E-state index in [0.29, 0.717) is 10.6 Å². The lowest BCUT2D eigenvalue weighted by molar-refractivity contribution is -0.116. The van der Waals surface area contributed by atoms with Crippen LogP contribution in [0.3, 0.4) is 0 Å². The smallest absolute Gasteiger partial charge is 0.264 e. The van der Waals surface area contributed by atoms with Crippen LogP contribution < -0.4 is 5.32 Å². The second kappa shape index (κ2) is 7.58. The van der Waals surface area contributed by atoms with Crippen LogP contribution in [0, 0.1) is 0 Å². The summed E-state index contributed by atoms with van der Waals surface area (Å²) in [5, 5.41) is 12.7. The van der Waals surface area contributed by atoms with Gasteiger partial charge in [-0.2, -0.15) is 0 Å². The monoisotopic (exact) mass is 424 g/mol. The fourth-order valence-electron chi connectivity index (χ4n) is 2.20. The van der Waals surface area contributed by atoms with E-state index >= 15 is 0 Å². The average Bonchev–Trinajstić information content (AvgIpc) is 2.94. The largest absolute Gasteiger partial charge is 0.506 e. The average molecular weight is 425 g/mol. The first kappa shape index (κ1) is 19.5. The van der Waals surface area contributed by atoms with Crippen molar-refractivity contribution in [2.45, 2.75) is 26.2 Å². The summed E-state index contributed by atoms with van der Waals surface area (Å²) < 4.78 is 0.859. The summed E-state index contributed by atoms with van der Waals surface area (Å²) in [7, 11) is 1.57. The van der Waals surface area contributed by atoms with Gasteiger partial charge in [0.25, 0.3) is 5.91 Å². The predicted octanol–water partition coefficient (Wildman–Crippen LogP) is 4.22. The standard InChI is InChI=1S/C18H21BrN2O3S/c1-18(2,3)11-5-6-13(22)12(9-11)20-16(23)10-21(4)17(24)14-7-8-15(19)25-14/h5-9,22H,10H2,1-4H3,(H,20,23). The first-order valence-electron chi connectivity index (χ1n) is 7.72. The molecule has 2 N–H and O–H groups in total. The number of nitrogens with zero attached hydrogens (tertiary/aromatic N) is 1. The molecule has 1 aromatic carbocycles. The number of anilines is 1. The molecule has 0 bridgehead atoms. The molecule has 0 fully saturated rings. The number of thiophene rings is 1. The number of likely N-dealkylation sites (N-methyl/N-ethyl adjacent to an activating group) is 1. The SMILES string of the molecule is CN(CC(=O)Nc1cc(C(C)(C)C)ccc1O)C(=O)c1ccc(Br)s1. The molecule has 2 aromatic rings. The predicted molar refractivity (Wildman–Crippen MR) is 104 cm³/mol. The quantitative estimate of drug-likeness (QED) is 0.721. The Balaban J connectivity index is 2.06. The Morgan fingerprint density at radius 3 is 2.48 bits per heavy atom. The summed E-state index contributed by atoms with van der Waals surface area (Å²) in [5.41, 5.74) is 1.23. The molecule has 5 nitrogen and oxygen atoms in total. The third kappa shape index (κ3) is 5.06. The van der Waals surface area contributed by atoms with Gasteiger partial charge in [0.1, 0.15) is 5.75 Å². The first-order chi connectivity index (χ1) is 11.6. The molecular weight excluding hydrogens is 404 g/mol. The normalized spacial score (nSPS) is 11.2. The minimum atomic E-state index is -0.368. The van der Waals surface area contributed by atoms with Crippen LogP contribution in [0.4, 0.5) is 5.69 Å². The van der Waals surface area contributed by atoms with Crippen molar-refractivity contribution in [3.8, 4) is 5.75 Å². The minimum absolute atomic E-state index is 0.00230. The van der Waals surface area contributed by atoms with Crippen LogP contribution in [0.1, 0.15) is 36.0 Å². The summed E-state index contributed by atoms with van der Waals surface area (Å²) in [4.78, 5) is 26.4. The van der Waals surface area contributed by atoms with Crippen molar-refractivity contribution in [1.82, 2.24) is 4.90 Å². The zero-order valence-corrected chi connectivity index (χ0v) is 17.0. The van der Waals surface area contributed by atoms with Gasteiger partial charge in [0.15, 0.2) is 0 Å². The molecule has 1 aromatic heterocycles. The van der Waals surface area contributed by atoms with Crippen LogP contribution in [0.2, 0.25) is 0 Å². The molecule has 2 rings (SSSR count). The number of benzene rings is 1. The van der Waals surface area contributed by atoms with Gasteiger partial charge in [-0.25, -0.2) is 0 Å². The van der Waals surface area contributed by atoms with Crippen LogP contribution in [-0.2, 0) is 10.2 Å². The Kier molecular flexibility index (Phi) is 5.90. The Morgan fingerprint density at radius 1 is 1.24 bits per heavy atom. The number of carbonyl (C=O) groups excluding carboxylic acids is 2. The third-order valence-corrected chi connectivity index (χ3v) is 5.26. The second-order valence-electron chi connectivity index (χ2n) is 6.80. The summed E-state index contributed by atoms with van der Waals surface area (Å²) >= 11 is 4.63. The summed E-state index contributed by atoms with van der Waals surface area (Å²) in [6.45, 7) is 6.05. The maximum absolute atomic E-state index is 12.3. The van der Waals surface area contributed by atoms with Crippen LogP contribution in [0.5, 0.6) is 5.75 Å². The Bertz CT molecular complexity index is 796. The molecule has 25 heavy (non-hydrogen) atoms. The van der Waals surface area contributed by atoms with Crippen LogP contribution >= 0.6 is 27.3 Å². The molecule has 2 amide bonds. The highest BCUT2D eigenvalue weighted by Gasteiger charge is 2.19. The van der Waals surface area contributed by atoms with Gasteiger partial charge in [0, 0.05) is 7.05 Å². The van der Waals surface area contributed by atoms with E-state index in [-0.39, 0.29) is 29.5 Å². The lowest BCUT2D eigenvalue weighted by Gasteiger charge is -2.21. The molecule has 0 unspecified atom stereocenters. The molecule has 0 aliphatic rings. The molecule has 0 radical (unpaired) electrons. The van der Waals surface area contributed by atoms with Crippen molar-refractivity contribution in [2.24, 2.45) is 0 Å². The first-order valence-corrected chi connectivity index (χ1v) is 9.33. The molecule has 7 heteroatoms. The number of aromatic hydroxyl groups is 1. The van der Waals surface area contributed by atoms with E-state index in [4.69, 9.17) is 0 Å². The fraction of sp³-hybridized carbons (Fsp3) is 0.333. The third-order valence-electron chi connectivity index (χ3n) is 3.65. The maximum atomic E-state index is 12.3. The lowest BCUT2D eigenvalue weighted by atomic mass is 9.87. The molecule has 0 atom stereocenters. The van der Waals surface area contributed by atoms with Gasteiger partial charge < -0.3 is 15.3 Å². The van der Waals surface area contributed by atoms with Crippen molar-refractivity contribution in [2.75, 3.05) is 18.9 Å². The summed E-state index contributed by atoms with van der Waals surface area (Å²) in [6.07, 6.45) is 0. The highest BCUT2D eigenvalue weighted by atomic mass is 79.9. The van der Waals surface area contributed by atoms with E-state index in [2.05, 4.69) is 42.0 Å². The molecule has 0 saturated carbocycles. The number of carbonyl (C=O) groups is 2. The fourth-order valence-corrected chi connectivity index (χ4v) is 3.58. The van der Waals surface area contributed by atoms with Crippen molar-refractivity contribution in [3.05, 3.63) is 44.6 Å². The van der Waals surface area contributed by atoms with E-state index in [1.54, 1.807) is 31.3 Å². The topological polar surface area (TPSA) is 69.6 Å². The van der Waals surface area contributed by atoms with Crippen LogP contribution in [0.25, 0.3) is 0 Å². The van der Waals surface area contributed by atoms with Crippen molar-refractivity contribution in [1.29, 1.82) is 0 Å². The Hall–Kier alpha value is -1.86. The highest BCUT2D eigenvalue weighted by molar-refractivity contribution is 9.11. The van der Waals surface area contributed by atoms with E-state index in [9.17, 15) is 14.7 Å². The number of phenolic OH excluding ortho intramolecular Hbond substituents is 1. The lowest BCUT2D eigenvalue weighted by Crippen LogP contribution is -2.34. The molecule has 134 valence electrons. The van der Waals surface area contributed by atoms with Crippen molar-refractivity contribution >= 4 is 44.8 Å². The molecule has 0 spiro atoms. The van der Waals surface area contributed by atoms with Gasteiger partial charge in [0.2, 0.25) is 5.91 Å². The van der Waals surface area contributed by atoms with Gasteiger partial charge in [-0.1, -0.05) is 26.8 Å². The van der Waals surface area contributed by atoms with E-state index in [0.717, 1.165) is 9.35 Å². The van der Waals surface area contributed by atoms with Crippen molar-refractivity contribution in [3.63, 3.8) is 0 Å². The minimum Gasteiger partial charge on any atom is -0.506 e. The number of hydrogen-bond donors (Lipinski definition) is 2. The molecule has 0 aliphatic heterocycles. The van der Waals surface area contributed by atoms with Crippen LogP contribution in [0.15, 0.2) is 34.1 Å². The zero-order chi connectivity index (χ0) is 18.8. The van der Waals surface area contributed by atoms with Crippen LogP contribution in [-0.4, -0.2) is 35.4 Å². The van der Waals surface area contributed by atoms with E-state index in [1.807, 2.05) is 6.07 Å². The van der Waals surface area contributed by atoms with Gasteiger partial charge in [-0.3, -0.25) is 9.59 Å². The summed E-state index contributed by atoms with van der Waals surface area (Å²) in [5.74, 6) is -0.594. The number of rotatable bonds is 4. The van der Waals surface area contributed by atoms with Gasteiger partial charge in [0.05, 0.1) is 20.9 Å². The summed E-state index contributed by atoms with van der Waals surface area (Å²) in [6, 6.07) is 8.65. The molecule has 0 aliphatic carbocycles. The van der Waals surface area contributed by atoms with E-state index < -0.39 is 0 Å². The van der Waals surface area contributed by atoms with Gasteiger partial charge >= 0.3 is 0 Å². The number of halogens is 1. The molecular formula is C18H21BrN2O3S. The maximum Gasteiger partial charge on any atom is 0.264 e. The van der Waals surface area contributed by atoms with Crippen molar-refractivity contribution < 1.29 is 14.7 Å². The number of amides is 2. The zero-order valence-electron chi connectivity index (χ0n) is 14.6.